The molecule has 36 heavy (non-hydrogen) atoms. The number of nitrogens with zero attached hydrogens (tertiary/aromatic N) is 2. The topological polar surface area (TPSA) is 80.3 Å². The van der Waals surface area contributed by atoms with Gasteiger partial charge in [-0.25, -0.2) is 0 Å². The summed E-state index contributed by atoms with van der Waals surface area (Å²) in [6.07, 6.45) is 0. The van der Waals surface area contributed by atoms with Gasteiger partial charge in [-0.1, -0.05) is 11.6 Å². The summed E-state index contributed by atoms with van der Waals surface area (Å²) in [4.78, 5) is 29.7. The lowest BCUT2D eigenvalue weighted by Gasteiger charge is -2.36. The molecule has 0 aromatic heterocycles. The van der Waals surface area contributed by atoms with E-state index in [1.54, 1.807) is 36.4 Å². The smallest absolute Gasteiger partial charge is 0.255 e. The molecule has 0 unspecified atom stereocenters. The van der Waals surface area contributed by atoms with Crippen molar-refractivity contribution in [2.45, 2.75) is 0 Å². The molecular weight excluding hydrogens is 482 g/mol. The molecule has 0 saturated carbocycles. The van der Waals surface area contributed by atoms with Crippen LogP contribution in [0.1, 0.15) is 20.7 Å². The summed E-state index contributed by atoms with van der Waals surface area (Å²) in [5.41, 5.74) is 2.71. The molecule has 9 heteroatoms. The first-order chi connectivity index (χ1) is 17.4. The van der Waals surface area contributed by atoms with Crippen molar-refractivity contribution in [1.82, 2.24) is 4.90 Å². The lowest BCUT2D eigenvalue weighted by Crippen LogP contribution is -2.48. The zero-order valence-electron chi connectivity index (χ0n) is 20.4. The maximum Gasteiger partial charge on any atom is 0.255 e. The third kappa shape index (κ3) is 5.49. The van der Waals surface area contributed by atoms with Gasteiger partial charge in [0.25, 0.3) is 11.8 Å². The lowest BCUT2D eigenvalue weighted by atomic mass is 10.1. The van der Waals surface area contributed by atoms with Gasteiger partial charge < -0.3 is 29.3 Å². The van der Waals surface area contributed by atoms with Crippen LogP contribution in [-0.4, -0.2) is 64.2 Å². The van der Waals surface area contributed by atoms with Gasteiger partial charge in [-0.2, -0.15) is 0 Å². The molecule has 1 N–H and O–H groups in total. The first-order valence-electron chi connectivity index (χ1n) is 11.4. The number of halogens is 1. The standard InChI is InChI=1S/C27H28ClN3O5/c1-34-23-16-19(17-24(35-2)25(23)36-3)26(32)29-21-8-10-22(11-9-21)30-12-14-31(15-13-30)27(33)18-4-6-20(28)7-5-18/h4-11,16-17H,12-15H2,1-3H3,(H,29,32). The van der Waals surface area contributed by atoms with Crippen molar-refractivity contribution in [3.63, 3.8) is 0 Å². The summed E-state index contributed by atoms with van der Waals surface area (Å²) < 4.78 is 16.0. The van der Waals surface area contributed by atoms with Crippen LogP contribution in [0.25, 0.3) is 0 Å². The number of hydrogen-bond acceptors (Lipinski definition) is 6. The highest BCUT2D eigenvalue weighted by atomic mass is 35.5. The fourth-order valence-corrected chi connectivity index (χ4v) is 4.24. The second-order valence-corrected chi connectivity index (χ2v) is 8.64. The van der Waals surface area contributed by atoms with Crippen LogP contribution in [0, 0.1) is 0 Å². The number of carbonyl (C=O) groups excluding carboxylic acids is 2. The van der Waals surface area contributed by atoms with E-state index >= 15 is 0 Å². The molecule has 188 valence electrons. The van der Waals surface area contributed by atoms with Crippen LogP contribution < -0.4 is 24.4 Å². The van der Waals surface area contributed by atoms with Crippen LogP contribution in [0.3, 0.4) is 0 Å². The minimum Gasteiger partial charge on any atom is -0.493 e. The van der Waals surface area contributed by atoms with E-state index in [-0.39, 0.29) is 11.8 Å². The summed E-state index contributed by atoms with van der Waals surface area (Å²) in [7, 11) is 4.52. The second-order valence-electron chi connectivity index (χ2n) is 8.20. The molecule has 1 aliphatic rings. The van der Waals surface area contributed by atoms with Crippen molar-refractivity contribution in [2.24, 2.45) is 0 Å². The van der Waals surface area contributed by atoms with Crippen LogP contribution in [0.15, 0.2) is 60.7 Å². The summed E-state index contributed by atoms with van der Waals surface area (Å²) in [6.45, 7) is 2.69. The highest BCUT2D eigenvalue weighted by Crippen LogP contribution is 2.38. The number of methoxy groups -OCH3 is 3. The van der Waals surface area contributed by atoms with Gasteiger partial charge in [0.2, 0.25) is 5.75 Å². The molecule has 3 aromatic rings. The highest BCUT2D eigenvalue weighted by molar-refractivity contribution is 6.30. The maximum absolute atomic E-state index is 12.9. The molecule has 2 amide bonds. The Hall–Kier alpha value is -3.91. The van der Waals surface area contributed by atoms with Gasteiger partial charge in [0, 0.05) is 53.7 Å². The number of hydrogen-bond donors (Lipinski definition) is 1. The Balaban J connectivity index is 1.37. The normalized spacial score (nSPS) is 13.2. The van der Waals surface area contributed by atoms with Crippen LogP contribution in [-0.2, 0) is 0 Å². The van der Waals surface area contributed by atoms with E-state index in [2.05, 4.69) is 10.2 Å². The average molecular weight is 510 g/mol. The Kier molecular flexibility index (Phi) is 7.85. The Morgan fingerprint density at radius 3 is 1.89 bits per heavy atom. The van der Waals surface area contributed by atoms with E-state index in [9.17, 15) is 9.59 Å². The van der Waals surface area contributed by atoms with E-state index in [0.29, 0.717) is 52.2 Å². The van der Waals surface area contributed by atoms with Crippen molar-refractivity contribution in [2.75, 3.05) is 57.7 Å². The third-order valence-electron chi connectivity index (χ3n) is 6.08. The summed E-state index contributed by atoms with van der Waals surface area (Å²) in [5.74, 6) is 0.959. The SMILES string of the molecule is COc1cc(C(=O)Nc2ccc(N3CCN(C(=O)c4ccc(Cl)cc4)CC3)cc2)cc(OC)c1OC. The van der Waals surface area contributed by atoms with Gasteiger partial charge in [0.05, 0.1) is 21.3 Å². The van der Waals surface area contributed by atoms with E-state index in [1.807, 2.05) is 29.2 Å². The molecule has 8 nitrogen and oxygen atoms in total. The Morgan fingerprint density at radius 2 is 1.36 bits per heavy atom. The van der Waals surface area contributed by atoms with Crippen molar-refractivity contribution >= 4 is 34.8 Å². The van der Waals surface area contributed by atoms with Gasteiger partial charge in [-0.3, -0.25) is 9.59 Å². The van der Waals surface area contributed by atoms with E-state index in [1.165, 1.54) is 21.3 Å². The van der Waals surface area contributed by atoms with Crippen LogP contribution >= 0.6 is 11.6 Å². The maximum atomic E-state index is 12.9. The van der Waals surface area contributed by atoms with Gasteiger partial charge in [-0.05, 0) is 60.7 Å². The predicted octanol–water partition coefficient (Wildman–Crippen LogP) is 4.58. The Bertz CT molecular complexity index is 1200. The van der Waals surface area contributed by atoms with Gasteiger partial charge >= 0.3 is 0 Å². The highest BCUT2D eigenvalue weighted by Gasteiger charge is 2.22. The quantitative estimate of drug-likeness (QED) is 0.502. The monoisotopic (exact) mass is 509 g/mol. The van der Waals surface area contributed by atoms with Crippen molar-refractivity contribution in [1.29, 1.82) is 0 Å². The summed E-state index contributed by atoms with van der Waals surface area (Å²) in [6, 6.07) is 17.8. The minimum absolute atomic E-state index is 0.0103. The molecule has 0 spiro atoms. The Morgan fingerprint density at radius 1 is 0.778 bits per heavy atom. The molecule has 1 fully saturated rings. The van der Waals surface area contributed by atoms with Crippen molar-refractivity contribution in [3.05, 3.63) is 76.8 Å². The van der Waals surface area contributed by atoms with E-state index in [0.717, 1.165) is 18.8 Å². The molecular formula is C27H28ClN3O5. The number of ether oxygens (including phenoxy) is 3. The number of rotatable bonds is 7. The molecule has 0 radical (unpaired) electrons. The molecule has 4 rings (SSSR count). The molecule has 0 aliphatic carbocycles. The van der Waals surface area contributed by atoms with Gasteiger partial charge in [-0.15, -0.1) is 0 Å². The van der Waals surface area contributed by atoms with E-state index < -0.39 is 0 Å². The molecule has 0 bridgehead atoms. The molecule has 1 saturated heterocycles. The molecule has 3 aromatic carbocycles. The minimum atomic E-state index is -0.295. The number of anilines is 2. The molecule has 1 heterocycles. The first-order valence-corrected chi connectivity index (χ1v) is 11.8. The Labute approximate surface area is 215 Å². The van der Waals surface area contributed by atoms with Crippen LogP contribution in [0.5, 0.6) is 17.2 Å². The van der Waals surface area contributed by atoms with Crippen LogP contribution in [0.4, 0.5) is 11.4 Å². The zero-order valence-corrected chi connectivity index (χ0v) is 21.2. The van der Waals surface area contributed by atoms with Crippen molar-refractivity contribution in [3.8, 4) is 17.2 Å². The fourth-order valence-electron chi connectivity index (χ4n) is 4.11. The number of benzene rings is 3. The summed E-state index contributed by atoms with van der Waals surface area (Å²) in [5, 5.41) is 3.51. The van der Waals surface area contributed by atoms with Gasteiger partial charge in [0.15, 0.2) is 11.5 Å². The van der Waals surface area contributed by atoms with Crippen LogP contribution in [0.2, 0.25) is 5.02 Å². The molecule has 1 aliphatic heterocycles. The van der Waals surface area contributed by atoms with Crippen molar-refractivity contribution < 1.29 is 23.8 Å². The fraction of sp³-hybridized carbons (Fsp3) is 0.259. The lowest BCUT2D eigenvalue weighted by molar-refractivity contribution is 0.0746. The summed E-state index contributed by atoms with van der Waals surface area (Å²) >= 11 is 5.93. The zero-order chi connectivity index (χ0) is 25.7. The number of piperazine rings is 1. The predicted molar refractivity (Wildman–Crippen MR) is 140 cm³/mol. The van der Waals surface area contributed by atoms with Gasteiger partial charge in [0.1, 0.15) is 0 Å². The first kappa shape index (κ1) is 25.2. The molecule has 0 atom stereocenters. The third-order valence-corrected chi connectivity index (χ3v) is 6.33. The second kappa shape index (κ2) is 11.2. The van der Waals surface area contributed by atoms with E-state index in [4.69, 9.17) is 25.8 Å². The number of nitrogens with one attached hydrogen (secondary N) is 1. The average Bonchev–Trinajstić information content (AvgIpc) is 2.92. The number of carbonyl (C=O) groups is 2. The largest absolute Gasteiger partial charge is 0.493 e. The number of amides is 2.